The van der Waals surface area contributed by atoms with Gasteiger partial charge in [-0.25, -0.2) is 0 Å². The average Bonchev–Trinajstić information content (AvgIpc) is 3.41. The minimum Gasteiger partial charge on any atom is -0.338 e. The van der Waals surface area contributed by atoms with Gasteiger partial charge in [0.15, 0.2) is 0 Å². The van der Waals surface area contributed by atoms with Crippen LogP contribution in [0.2, 0.25) is 0 Å². The second-order valence-electron chi connectivity index (χ2n) is 7.09. The highest BCUT2D eigenvalue weighted by atomic mass is 32.1. The Morgan fingerprint density at radius 1 is 0.933 bits per heavy atom. The molecule has 4 rings (SSSR count). The molecule has 152 valence electrons. The van der Waals surface area contributed by atoms with Gasteiger partial charge in [0, 0.05) is 36.4 Å². The molecule has 2 aromatic carbocycles. The number of amides is 3. The predicted molar refractivity (Wildman–Crippen MR) is 118 cm³/mol. The van der Waals surface area contributed by atoms with Gasteiger partial charge in [0.25, 0.3) is 11.8 Å². The van der Waals surface area contributed by atoms with E-state index in [1.807, 2.05) is 34.5 Å². The Morgan fingerprint density at radius 3 is 2.40 bits per heavy atom. The molecule has 2 heterocycles. The zero-order valence-corrected chi connectivity index (χ0v) is 17.1. The summed E-state index contributed by atoms with van der Waals surface area (Å²) in [6.45, 7) is 1.28. The second kappa shape index (κ2) is 8.92. The first-order valence-electron chi connectivity index (χ1n) is 9.71. The largest absolute Gasteiger partial charge is 0.338 e. The van der Waals surface area contributed by atoms with E-state index in [4.69, 9.17) is 0 Å². The molecule has 0 bridgehead atoms. The average molecular weight is 420 g/mol. The van der Waals surface area contributed by atoms with Gasteiger partial charge in [0.2, 0.25) is 5.91 Å². The molecular formula is C23H21N3O3S. The van der Waals surface area contributed by atoms with Crippen molar-refractivity contribution in [3.63, 3.8) is 0 Å². The van der Waals surface area contributed by atoms with Crippen LogP contribution in [0.3, 0.4) is 0 Å². The summed E-state index contributed by atoms with van der Waals surface area (Å²) in [6, 6.07) is 17.9. The molecule has 0 atom stereocenters. The summed E-state index contributed by atoms with van der Waals surface area (Å²) in [6.07, 6.45) is 1.48. The summed E-state index contributed by atoms with van der Waals surface area (Å²) in [5.41, 5.74) is 2.64. The number of rotatable bonds is 6. The fourth-order valence-electron chi connectivity index (χ4n) is 3.38. The van der Waals surface area contributed by atoms with Crippen molar-refractivity contribution < 1.29 is 14.4 Å². The highest BCUT2D eigenvalue weighted by Gasteiger charge is 2.20. The molecule has 1 aromatic heterocycles. The molecule has 3 amide bonds. The van der Waals surface area contributed by atoms with Gasteiger partial charge >= 0.3 is 0 Å². The summed E-state index contributed by atoms with van der Waals surface area (Å²) in [7, 11) is 0. The van der Waals surface area contributed by atoms with Crippen LogP contribution in [0, 0.1) is 0 Å². The summed E-state index contributed by atoms with van der Waals surface area (Å²) in [5, 5.41) is 7.55. The number of carbonyl (C=O) groups excluding carboxylic acids is 3. The number of anilines is 2. The summed E-state index contributed by atoms with van der Waals surface area (Å²) in [4.78, 5) is 39.2. The van der Waals surface area contributed by atoms with E-state index in [-0.39, 0.29) is 17.7 Å². The SMILES string of the molecule is O=C(Nc1cccc(NC(=O)c2cccs2)c1)c1cccc(CN2CCCC2=O)c1. The summed E-state index contributed by atoms with van der Waals surface area (Å²) < 4.78 is 0. The van der Waals surface area contributed by atoms with E-state index in [2.05, 4.69) is 10.6 Å². The van der Waals surface area contributed by atoms with Gasteiger partial charge in [-0.2, -0.15) is 0 Å². The lowest BCUT2D eigenvalue weighted by Crippen LogP contribution is -2.24. The van der Waals surface area contributed by atoms with Crippen LogP contribution in [0.25, 0.3) is 0 Å². The molecule has 1 saturated heterocycles. The minimum atomic E-state index is -0.244. The van der Waals surface area contributed by atoms with E-state index in [1.165, 1.54) is 11.3 Å². The zero-order chi connectivity index (χ0) is 20.9. The van der Waals surface area contributed by atoms with Crippen molar-refractivity contribution in [3.8, 4) is 0 Å². The molecule has 30 heavy (non-hydrogen) atoms. The molecule has 3 aromatic rings. The second-order valence-corrected chi connectivity index (χ2v) is 8.03. The number of nitrogens with one attached hydrogen (secondary N) is 2. The maximum Gasteiger partial charge on any atom is 0.265 e. The molecule has 0 radical (unpaired) electrons. The minimum absolute atomic E-state index is 0.159. The van der Waals surface area contributed by atoms with E-state index >= 15 is 0 Å². The Hall–Kier alpha value is -3.45. The third kappa shape index (κ3) is 4.75. The van der Waals surface area contributed by atoms with E-state index in [0.717, 1.165) is 18.5 Å². The van der Waals surface area contributed by atoms with Gasteiger partial charge in [-0.1, -0.05) is 24.3 Å². The molecule has 0 aliphatic carbocycles. The molecule has 2 N–H and O–H groups in total. The van der Waals surface area contributed by atoms with Gasteiger partial charge < -0.3 is 15.5 Å². The Morgan fingerprint density at radius 2 is 1.70 bits per heavy atom. The lowest BCUT2D eigenvalue weighted by atomic mass is 10.1. The lowest BCUT2D eigenvalue weighted by molar-refractivity contribution is -0.128. The fraction of sp³-hybridized carbons (Fsp3) is 0.174. The highest BCUT2D eigenvalue weighted by Crippen LogP contribution is 2.19. The Kier molecular flexibility index (Phi) is 5.90. The van der Waals surface area contributed by atoms with Gasteiger partial charge in [-0.15, -0.1) is 11.3 Å². The first-order chi connectivity index (χ1) is 14.6. The maximum absolute atomic E-state index is 12.7. The van der Waals surface area contributed by atoms with Gasteiger partial charge in [-0.3, -0.25) is 14.4 Å². The summed E-state index contributed by atoms with van der Waals surface area (Å²) in [5.74, 6) is -0.268. The molecule has 0 saturated carbocycles. The molecular weight excluding hydrogens is 398 g/mol. The van der Waals surface area contributed by atoms with Crippen LogP contribution in [0.5, 0.6) is 0 Å². The molecule has 1 aliphatic heterocycles. The van der Waals surface area contributed by atoms with Crippen molar-refractivity contribution in [2.24, 2.45) is 0 Å². The van der Waals surface area contributed by atoms with E-state index in [1.54, 1.807) is 36.4 Å². The van der Waals surface area contributed by atoms with Crippen LogP contribution in [-0.2, 0) is 11.3 Å². The van der Waals surface area contributed by atoms with Crippen LogP contribution >= 0.6 is 11.3 Å². The molecule has 1 fully saturated rings. The van der Waals surface area contributed by atoms with E-state index in [9.17, 15) is 14.4 Å². The van der Waals surface area contributed by atoms with Gasteiger partial charge in [0.05, 0.1) is 4.88 Å². The number of thiophene rings is 1. The third-order valence-corrected chi connectivity index (χ3v) is 5.73. The quantitative estimate of drug-likeness (QED) is 0.623. The number of carbonyl (C=O) groups is 3. The van der Waals surface area contributed by atoms with Crippen molar-refractivity contribution in [1.29, 1.82) is 0 Å². The standard InChI is InChI=1S/C23H21N3O3S/c27-21-10-3-11-26(21)15-16-5-1-6-17(13-16)22(28)24-18-7-2-8-19(14-18)25-23(29)20-9-4-12-30-20/h1-2,4-9,12-14H,3,10-11,15H2,(H,24,28)(H,25,29). The smallest absolute Gasteiger partial charge is 0.265 e. The Labute approximate surface area is 178 Å². The first-order valence-corrected chi connectivity index (χ1v) is 10.6. The predicted octanol–water partition coefficient (Wildman–Crippen LogP) is 4.38. The Bertz CT molecular complexity index is 1080. The van der Waals surface area contributed by atoms with Crippen molar-refractivity contribution >= 4 is 40.4 Å². The normalized spacial score (nSPS) is 13.3. The first kappa shape index (κ1) is 19.8. The Balaban J connectivity index is 1.42. The van der Waals surface area contributed by atoms with E-state index < -0.39 is 0 Å². The highest BCUT2D eigenvalue weighted by molar-refractivity contribution is 7.12. The number of benzene rings is 2. The monoisotopic (exact) mass is 419 g/mol. The van der Waals surface area contributed by atoms with Crippen molar-refractivity contribution in [2.75, 3.05) is 17.2 Å². The molecule has 1 aliphatic rings. The van der Waals surface area contributed by atoms with Crippen molar-refractivity contribution in [2.45, 2.75) is 19.4 Å². The third-order valence-electron chi connectivity index (χ3n) is 4.86. The van der Waals surface area contributed by atoms with Crippen molar-refractivity contribution in [3.05, 3.63) is 82.0 Å². The summed E-state index contributed by atoms with van der Waals surface area (Å²) >= 11 is 1.37. The number of nitrogens with zero attached hydrogens (tertiary/aromatic N) is 1. The lowest BCUT2D eigenvalue weighted by Gasteiger charge is -2.16. The van der Waals surface area contributed by atoms with Crippen molar-refractivity contribution in [1.82, 2.24) is 4.90 Å². The van der Waals surface area contributed by atoms with E-state index in [0.29, 0.717) is 34.8 Å². The molecule has 7 heteroatoms. The van der Waals surface area contributed by atoms with Gasteiger partial charge in [0.1, 0.15) is 0 Å². The molecule has 0 spiro atoms. The van der Waals surface area contributed by atoms with Crippen LogP contribution in [-0.4, -0.2) is 29.2 Å². The van der Waals surface area contributed by atoms with Crippen LogP contribution in [0.4, 0.5) is 11.4 Å². The number of likely N-dealkylation sites (tertiary alicyclic amines) is 1. The molecule has 0 unspecified atom stereocenters. The maximum atomic E-state index is 12.7. The number of hydrogen-bond acceptors (Lipinski definition) is 4. The van der Waals surface area contributed by atoms with Crippen LogP contribution in [0.15, 0.2) is 66.0 Å². The van der Waals surface area contributed by atoms with Crippen LogP contribution < -0.4 is 10.6 Å². The topological polar surface area (TPSA) is 78.5 Å². The number of hydrogen-bond donors (Lipinski definition) is 2. The molecule has 6 nitrogen and oxygen atoms in total. The fourth-order valence-corrected chi connectivity index (χ4v) is 4.00. The van der Waals surface area contributed by atoms with Crippen LogP contribution in [0.1, 0.15) is 38.4 Å². The van der Waals surface area contributed by atoms with Gasteiger partial charge in [-0.05, 0) is 53.8 Å². The zero-order valence-electron chi connectivity index (χ0n) is 16.3.